The molecule has 0 aromatic carbocycles. The molecule has 1 atom stereocenters. The number of nitrogens with zero attached hydrogens (tertiary/aromatic N) is 2. The Bertz CT molecular complexity index is 340. The lowest BCUT2D eigenvalue weighted by atomic mass is 10.2. The lowest BCUT2D eigenvalue weighted by Crippen LogP contribution is -2.29. The number of rotatable bonds is 4. The van der Waals surface area contributed by atoms with Gasteiger partial charge in [0.1, 0.15) is 5.82 Å². The minimum Gasteiger partial charge on any atom is -0.376 e. The van der Waals surface area contributed by atoms with Crippen molar-refractivity contribution in [2.45, 2.75) is 24.8 Å². The monoisotopic (exact) mass is 240 g/mol. The van der Waals surface area contributed by atoms with Crippen molar-refractivity contribution in [3.05, 3.63) is 23.9 Å². The summed E-state index contributed by atoms with van der Waals surface area (Å²) in [5.41, 5.74) is 1.07. The fourth-order valence-corrected chi connectivity index (χ4v) is 2.27. The highest BCUT2D eigenvalue weighted by atomic mass is 35.5. The Kier molecular flexibility index (Phi) is 4.02. The highest BCUT2D eigenvalue weighted by Gasteiger charge is 2.19. The molecule has 16 heavy (non-hydrogen) atoms. The van der Waals surface area contributed by atoms with Crippen molar-refractivity contribution in [2.24, 2.45) is 0 Å². The maximum Gasteiger partial charge on any atom is 0.132 e. The zero-order valence-corrected chi connectivity index (χ0v) is 10.3. The van der Waals surface area contributed by atoms with Crippen molar-refractivity contribution in [1.29, 1.82) is 0 Å². The topological polar surface area (TPSA) is 25.4 Å². The first-order valence-corrected chi connectivity index (χ1v) is 6.17. The molecule has 1 unspecified atom stereocenters. The molecular weight excluding hydrogens is 224 g/mol. The Morgan fingerprint density at radius 2 is 2.50 bits per heavy atom. The van der Waals surface area contributed by atoms with Crippen LogP contribution in [0.2, 0.25) is 0 Å². The molecule has 0 N–H and O–H groups in total. The first-order valence-electron chi connectivity index (χ1n) is 5.64. The number of halogens is 1. The number of anilines is 1. The number of alkyl halides is 1. The Labute approximate surface area is 101 Å². The summed E-state index contributed by atoms with van der Waals surface area (Å²) in [6.07, 6.45) is 4.46. The molecular formula is C12H17ClN2O. The van der Waals surface area contributed by atoms with Crippen molar-refractivity contribution in [1.82, 2.24) is 4.98 Å². The first-order chi connectivity index (χ1) is 7.81. The number of pyridine rings is 1. The SMILES string of the molecule is CN(CC1CCCO1)c1ncccc1CCl. The fraction of sp³-hybridized carbons (Fsp3) is 0.583. The van der Waals surface area contributed by atoms with Gasteiger partial charge in [0.15, 0.2) is 0 Å². The standard InChI is InChI=1S/C12H17ClN2O/c1-15(9-11-5-3-7-16-11)12-10(8-13)4-2-6-14-12/h2,4,6,11H,3,5,7-9H2,1H3. The third-order valence-corrected chi connectivity index (χ3v) is 3.16. The third-order valence-electron chi connectivity index (χ3n) is 2.87. The second kappa shape index (κ2) is 5.51. The molecule has 1 aromatic rings. The van der Waals surface area contributed by atoms with E-state index >= 15 is 0 Å². The minimum atomic E-state index is 0.343. The molecule has 0 amide bonds. The molecule has 0 aliphatic carbocycles. The van der Waals surface area contributed by atoms with Gasteiger partial charge in [-0.25, -0.2) is 4.98 Å². The molecule has 0 bridgehead atoms. The van der Waals surface area contributed by atoms with Crippen LogP contribution in [-0.4, -0.2) is 31.3 Å². The Morgan fingerprint density at radius 1 is 1.62 bits per heavy atom. The molecule has 1 aliphatic rings. The average Bonchev–Trinajstić information content (AvgIpc) is 2.81. The summed E-state index contributed by atoms with van der Waals surface area (Å²) in [6, 6.07) is 3.93. The van der Waals surface area contributed by atoms with Gasteiger partial charge in [0.25, 0.3) is 0 Å². The van der Waals surface area contributed by atoms with Crippen molar-refractivity contribution in [2.75, 3.05) is 25.1 Å². The molecule has 1 saturated heterocycles. The van der Waals surface area contributed by atoms with Crippen LogP contribution in [0.15, 0.2) is 18.3 Å². The summed E-state index contributed by atoms with van der Waals surface area (Å²) in [5, 5.41) is 0. The number of aromatic nitrogens is 1. The maximum absolute atomic E-state index is 5.89. The van der Waals surface area contributed by atoms with Crippen LogP contribution in [0.5, 0.6) is 0 Å². The summed E-state index contributed by atoms with van der Waals surface area (Å²) >= 11 is 5.89. The number of ether oxygens (including phenoxy) is 1. The van der Waals surface area contributed by atoms with Crippen LogP contribution in [0.3, 0.4) is 0 Å². The van der Waals surface area contributed by atoms with E-state index in [4.69, 9.17) is 16.3 Å². The second-order valence-corrected chi connectivity index (χ2v) is 4.40. The van der Waals surface area contributed by atoms with Gasteiger partial charge in [-0.1, -0.05) is 6.07 Å². The molecule has 88 valence electrons. The minimum absolute atomic E-state index is 0.343. The normalized spacial score (nSPS) is 20.0. The van der Waals surface area contributed by atoms with Crippen molar-refractivity contribution >= 4 is 17.4 Å². The third kappa shape index (κ3) is 2.66. The van der Waals surface area contributed by atoms with E-state index in [1.165, 1.54) is 6.42 Å². The van der Waals surface area contributed by atoms with E-state index in [0.29, 0.717) is 12.0 Å². The van der Waals surface area contributed by atoms with E-state index in [1.54, 1.807) is 6.20 Å². The number of likely N-dealkylation sites (N-methyl/N-ethyl adjacent to an activating group) is 1. The van der Waals surface area contributed by atoms with E-state index in [2.05, 4.69) is 9.88 Å². The van der Waals surface area contributed by atoms with Gasteiger partial charge in [0.05, 0.1) is 12.0 Å². The van der Waals surface area contributed by atoms with Gasteiger partial charge in [-0.05, 0) is 18.9 Å². The summed E-state index contributed by atoms with van der Waals surface area (Å²) < 4.78 is 5.62. The van der Waals surface area contributed by atoms with Crippen LogP contribution in [0.4, 0.5) is 5.82 Å². The van der Waals surface area contributed by atoms with Crippen molar-refractivity contribution in [3.8, 4) is 0 Å². The highest BCUT2D eigenvalue weighted by molar-refractivity contribution is 6.17. The van der Waals surface area contributed by atoms with Crippen molar-refractivity contribution in [3.63, 3.8) is 0 Å². The summed E-state index contributed by atoms with van der Waals surface area (Å²) in [6.45, 7) is 1.78. The van der Waals surface area contributed by atoms with Crippen molar-refractivity contribution < 1.29 is 4.74 Å². The molecule has 1 aliphatic heterocycles. The summed E-state index contributed by atoms with van der Waals surface area (Å²) in [4.78, 5) is 6.51. The maximum atomic E-state index is 5.89. The van der Waals surface area contributed by atoms with Gasteiger partial charge in [-0.3, -0.25) is 0 Å². The van der Waals surface area contributed by atoms with Gasteiger partial charge in [-0.2, -0.15) is 0 Å². The van der Waals surface area contributed by atoms with Gasteiger partial charge in [0.2, 0.25) is 0 Å². The van der Waals surface area contributed by atoms with Gasteiger partial charge >= 0.3 is 0 Å². The van der Waals surface area contributed by atoms with Gasteiger partial charge < -0.3 is 9.64 Å². The van der Waals surface area contributed by atoms with Crippen LogP contribution in [0, 0.1) is 0 Å². The van der Waals surface area contributed by atoms with E-state index in [9.17, 15) is 0 Å². The Balaban J connectivity index is 2.04. The lowest BCUT2D eigenvalue weighted by molar-refractivity contribution is 0.116. The molecule has 4 heteroatoms. The predicted molar refractivity (Wildman–Crippen MR) is 66.0 cm³/mol. The Hall–Kier alpha value is -0.800. The molecule has 0 saturated carbocycles. The van der Waals surface area contributed by atoms with Crippen LogP contribution in [0.25, 0.3) is 0 Å². The quantitative estimate of drug-likeness (QED) is 0.756. The molecule has 0 radical (unpaired) electrons. The van der Waals surface area contributed by atoms with Crippen LogP contribution in [-0.2, 0) is 10.6 Å². The lowest BCUT2D eigenvalue weighted by Gasteiger charge is -2.23. The van der Waals surface area contributed by atoms with Crippen LogP contribution in [0.1, 0.15) is 18.4 Å². The van der Waals surface area contributed by atoms with E-state index in [0.717, 1.165) is 31.0 Å². The predicted octanol–water partition coefficient (Wildman–Crippen LogP) is 2.44. The van der Waals surface area contributed by atoms with E-state index in [1.807, 2.05) is 19.2 Å². The molecule has 1 aromatic heterocycles. The average molecular weight is 241 g/mol. The Morgan fingerprint density at radius 3 is 3.19 bits per heavy atom. The second-order valence-electron chi connectivity index (χ2n) is 4.14. The smallest absolute Gasteiger partial charge is 0.132 e. The van der Waals surface area contributed by atoms with Gasteiger partial charge in [-0.15, -0.1) is 11.6 Å². The number of hydrogen-bond acceptors (Lipinski definition) is 3. The van der Waals surface area contributed by atoms with Crippen LogP contribution >= 0.6 is 11.6 Å². The fourth-order valence-electron chi connectivity index (χ4n) is 2.06. The van der Waals surface area contributed by atoms with E-state index < -0.39 is 0 Å². The highest BCUT2D eigenvalue weighted by Crippen LogP contribution is 2.20. The molecule has 0 spiro atoms. The summed E-state index contributed by atoms with van der Waals surface area (Å²) in [7, 11) is 2.04. The van der Waals surface area contributed by atoms with Crippen LogP contribution < -0.4 is 4.90 Å². The molecule has 3 nitrogen and oxygen atoms in total. The zero-order chi connectivity index (χ0) is 11.4. The summed E-state index contributed by atoms with van der Waals surface area (Å²) in [5.74, 6) is 1.46. The zero-order valence-electron chi connectivity index (χ0n) is 9.53. The number of hydrogen-bond donors (Lipinski definition) is 0. The first kappa shape index (κ1) is 11.7. The molecule has 2 heterocycles. The van der Waals surface area contributed by atoms with E-state index in [-0.39, 0.29) is 0 Å². The molecule has 2 rings (SSSR count). The molecule has 1 fully saturated rings. The largest absolute Gasteiger partial charge is 0.376 e. The van der Waals surface area contributed by atoms with Gasteiger partial charge in [0, 0.05) is 32.0 Å².